The lowest BCUT2D eigenvalue weighted by Gasteiger charge is -2.02. The molecule has 0 spiro atoms. The average molecular weight is 256 g/mol. The average Bonchev–Trinajstić information content (AvgIpc) is 2.39. The van der Waals surface area contributed by atoms with Crippen LogP contribution >= 0.6 is 0 Å². The van der Waals surface area contributed by atoms with Crippen LogP contribution in [-0.2, 0) is 0 Å². The fourth-order valence-electron chi connectivity index (χ4n) is 1.75. The van der Waals surface area contributed by atoms with E-state index in [1.807, 2.05) is 19.1 Å². The molecule has 0 radical (unpaired) electrons. The molecular weight excluding hydrogens is 243 g/mol. The number of aryl methyl sites for hydroxylation is 1. The van der Waals surface area contributed by atoms with Gasteiger partial charge in [-0.2, -0.15) is 0 Å². The third-order valence-corrected chi connectivity index (χ3v) is 2.84. The van der Waals surface area contributed by atoms with E-state index in [0.29, 0.717) is 5.56 Å². The van der Waals surface area contributed by atoms with Crippen molar-refractivity contribution in [3.8, 4) is 0 Å². The summed E-state index contributed by atoms with van der Waals surface area (Å²) >= 11 is 0. The maximum Gasteiger partial charge on any atom is 0.170 e. The molecule has 2 nitrogen and oxygen atoms in total. The zero-order valence-electron chi connectivity index (χ0n) is 10.5. The van der Waals surface area contributed by atoms with Crippen LogP contribution < -0.4 is 0 Å². The highest BCUT2D eigenvalue weighted by Crippen LogP contribution is 2.11. The van der Waals surface area contributed by atoms with Gasteiger partial charge < -0.3 is 0 Å². The van der Waals surface area contributed by atoms with Gasteiger partial charge in [0.25, 0.3) is 0 Å². The summed E-state index contributed by atoms with van der Waals surface area (Å²) in [6.07, 6.45) is -0.244. The van der Waals surface area contributed by atoms with E-state index in [9.17, 15) is 14.0 Å². The molecule has 2 aromatic carbocycles. The molecule has 0 aliphatic carbocycles. The van der Waals surface area contributed by atoms with Crippen LogP contribution in [0.3, 0.4) is 0 Å². The van der Waals surface area contributed by atoms with Crippen molar-refractivity contribution < 1.29 is 14.0 Å². The van der Waals surface area contributed by atoms with E-state index in [0.717, 1.165) is 11.6 Å². The normalized spacial score (nSPS) is 10.2. The molecule has 2 rings (SSSR count). The van der Waals surface area contributed by atoms with E-state index in [-0.39, 0.29) is 23.6 Å². The quantitative estimate of drug-likeness (QED) is 0.618. The van der Waals surface area contributed by atoms with Gasteiger partial charge in [0.05, 0.1) is 6.42 Å². The lowest BCUT2D eigenvalue weighted by molar-refractivity contribution is 0.0894. The number of hydrogen-bond acceptors (Lipinski definition) is 2. The Morgan fingerprint density at radius 1 is 0.947 bits per heavy atom. The van der Waals surface area contributed by atoms with Crippen LogP contribution in [0.15, 0.2) is 48.5 Å². The highest BCUT2D eigenvalue weighted by atomic mass is 19.1. The van der Waals surface area contributed by atoms with Crippen LogP contribution in [0, 0.1) is 12.7 Å². The van der Waals surface area contributed by atoms with E-state index in [1.54, 1.807) is 12.1 Å². The number of hydrogen-bond donors (Lipinski definition) is 0. The van der Waals surface area contributed by atoms with Crippen LogP contribution in [0.4, 0.5) is 4.39 Å². The number of benzene rings is 2. The first kappa shape index (κ1) is 13.1. The summed E-state index contributed by atoms with van der Waals surface area (Å²) in [6.45, 7) is 1.92. The summed E-state index contributed by atoms with van der Waals surface area (Å²) in [7, 11) is 0. The predicted molar refractivity (Wildman–Crippen MR) is 70.9 cm³/mol. The van der Waals surface area contributed by atoms with E-state index in [1.165, 1.54) is 18.2 Å². The summed E-state index contributed by atoms with van der Waals surface area (Å²) in [5.41, 5.74) is 1.77. The maximum atomic E-state index is 13.0. The highest BCUT2D eigenvalue weighted by Gasteiger charge is 2.13. The zero-order valence-corrected chi connectivity index (χ0v) is 10.5. The van der Waals surface area contributed by atoms with Crippen molar-refractivity contribution in [2.75, 3.05) is 0 Å². The molecule has 0 aliphatic heterocycles. The molecule has 0 amide bonds. The minimum Gasteiger partial charge on any atom is -0.294 e. The van der Waals surface area contributed by atoms with Crippen molar-refractivity contribution in [1.82, 2.24) is 0 Å². The molecule has 3 heteroatoms. The first-order valence-electron chi connectivity index (χ1n) is 5.95. The molecule has 19 heavy (non-hydrogen) atoms. The van der Waals surface area contributed by atoms with Crippen LogP contribution in [0.1, 0.15) is 32.7 Å². The van der Waals surface area contributed by atoms with Crippen molar-refractivity contribution in [3.63, 3.8) is 0 Å². The van der Waals surface area contributed by atoms with Gasteiger partial charge in [-0.1, -0.05) is 42.0 Å². The first-order chi connectivity index (χ1) is 9.06. The van der Waals surface area contributed by atoms with Gasteiger partial charge in [0.1, 0.15) is 5.82 Å². The number of halogens is 1. The Morgan fingerprint density at radius 3 is 2.21 bits per heavy atom. The lowest BCUT2D eigenvalue weighted by Crippen LogP contribution is -2.08. The van der Waals surface area contributed by atoms with Crippen molar-refractivity contribution in [2.45, 2.75) is 13.3 Å². The second-order valence-corrected chi connectivity index (χ2v) is 4.40. The molecule has 0 saturated heterocycles. The Kier molecular flexibility index (Phi) is 3.85. The van der Waals surface area contributed by atoms with Crippen LogP contribution in [-0.4, -0.2) is 11.6 Å². The number of ketones is 2. The molecular formula is C16H13FO2. The van der Waals surface area contributed by atoms with Gasteiger partial charge >= 0.3 is 0 Å². The van der Waals surface area contributed by atoms with Crippen molar-refractivity contribution in [3.05, 3.63) is 71.0 Å². The SMILES string of the molecule is Cc1ccc(C(=O)CC(=O)c2cccc(F)c2)cc1. The van der Waals surface area contributed by atoms with E-state index >= 15 is 0 Å². The molecule has 0 atom stereocenters. The van der Waals surface area contributed by atoms with Crippen molar-refractivity contribution >= 4 is 11.6 Å². The summed E-state index contributed by atoms with van der Waals surface area (Å²) in [6, 6.07) is 12.4. The Labute approximate surface area is 110 Å². The van der Waals surface area contributed by atoms with Gasteiger partial charge in [-0.25, -0.2) is 4.39 Å². The summed E-state index contributed by atoms with van der Waals surface area (Å²) in [4.78, 5) is 23.8. The van der Waals surface area contributed by atoms with Gasteiger partial charge in [-0.3, -0.25) is 9.59 Å². The second-order valence-electron chi connectivity index (χ2n) is 4.40. The Bertz CT molecular complexity index is 615. The van der Waals surface area contributed by atoms with Crippen LogP contribution in [0.25, 0.3) is 0 Å². The van der Waals surface area contributed by atoms with Crippen LogP contribution in [0.5, 0.6) is 0 Å². The largest absolute Gasteiger partial charge is 0.294 e. The zero-order chi connectivity index (χ0) is 13.8. The minimum atomic E-state index is -0.478. The summed E-state index contributed by atoms with van der Waals surface area (Å²) in [5, 5.41) is 0. The third-order valence-electron chi connectivity index (χ3n) is 2.84. The number of carbonyl (C=O) groups is 2. The molecule has 0 N–H and O–H groups in total. The second kappa shape index (κ2) is 5.57. The highest BCUT2D eigenvalue weighted by molar-refractivity contribution is 6.13. The monoisotopic (exact) mass is 256 g/mol. The van der Waals surface area contributed by atoms with Gasteiger partial charge in [-0.05, 0) is 19.1 Å². The molecule has 0 aromatic heterocycles. The molecule has 0 saturated carbocycles. The van der Waals surface area contributed by atoms with Gasteiger partial charge in [-0.15, -0.1) is 0 Å². The van der Waals surface area contributed by atoms with Gasteiger partial charge in [0, 0.05) is 11.1 Å². The molecule has 0 bridgehead atoms. The van der Waals surface area contributed by atoms with E-state index in [2.05, 4.69) is 0 Å². The molecule has 2 aromatic rings. The summed E-state index contributed by atoms with van der Waals surface area (Å²) < 4.78 is 13.0. The third kappa shape index (κ3) is 3.35. The van der Waals surface area contributed by atoms with Crippen molar-refractivity contribution in [1.29, 1.82) is 0 Å². The van der Waals surface area contributed by atoms with Gasteiger partial charge in [0.2, 0.25) is 0 Å². The van der Waals surface area contributed by atoms with E-state index in [4.69, 9.17) is 0 Å². The smallest absolute Gasteiger partial charge is 0.170 e. The first-order valence-corrected chi connectivity index (χ1v) is 5.95. The Hall–Kier alpha value is -2.29. The fraction of sp³-hybridized carbons (Fsp3) is 0.125. The summed E-state index contributed by atoms with van der Waals surface area (Å²) in [5.74, 6) is -1.10. The number of rotatable bonds is 4. The minimum absolute atomic E-state index is 0.223. The molecule has 96 valence electrons. The van der Waals surface area contributed by atoms with Crippen LogP contribution in [0.2, 0.25) is 0 Å². The Balaban J connectivity index is 2.11. The molecule has 0 aliphatic rings. The number of carbonyl (C=O) groups excluding carboxylic acids is 2. The molecule has 0 unspecified atom stereocenters. The molecule has 0 heterocycles. The Morgan fingerprint density at radius 2 is 1.58 bits per heavy atom. The number of Topliss-reactive ketones (excluding diaryl/α,β-unsaturated/α-hetero) is 2. The lowest BCUT2D eigenvalue weighted by atomic mass is 10.0. The predicted octanol–water partition coefficient (Wildman–Crippen LogP) is 3.59. The molecule has 0 fully saturated rings. The maximum absolute atomic E-state index is 13.0. The fourth-order valence-corrected chi connectivity index (χ4v) is 1.75. The standard InChI is InChI=1S/C16H13FO2/c1-11-5-7-12(8-6-11)15(18)10-16(19)13-3-2-4-14(17)9-13/h2-9H,10H2,1H3. The van der Waals surface area contributed by atoms with Crippen molar-refractivity contribution in [2.24, 2.45) is 0 Å². The topological polar surface area (TPSA) is 34.1 Å². The van der Waals surface area contributed by atoms with Gasteiger partial charge in [0.15, 0.2) is 11.6 Å². The van der Waals surface area contributed by atoms with E-state index < -0.39 is 5.82 Å².